The maximum Gasteiger partial charge on any atom is 0.417 e. The summed E-state index contributed by atoms with van der Waals surface area (Å²) in [7, 11) is 0. The van der Waals surface area contributed by atoms with Crippen molar-refractivity contribution in [3.63, 3.8) is 0 Å². The second kappa shape index (κ2) is 9.04. The fraction of sp³-hybridized carbons (Fsp3) is 0.130. The van der Waals surface area contributed by atoms with Crippen LogP contribution in [0.3, 0.4) is 0 Å². The third-order valence-corrected chi connectivity index (χ3v) is 5.54. The van der Waals surface area contributed by atoms with E-state index in [1.54, 1.807) is 6.26 Å². The van der Waals surface area contributed by atoms with Gasteiger partial charge in [-0.15, -0.1) is 11.8 Å². The Morgan fingerprint density at radius 1 is 1.00 bits per heavy atom. The zero-order valence-corrected chi connectivity index (χ0v) is 17.8. The third kappa shape index (κ3) is 4.62. The van der Waals surface area contributed by atoms with E-state index in [0.29, 0.717) is 4.90 Å². The number of aryl methyl sites for hydroxylation is 1. The molecule has 3 aromatic rings. The molecule has 0 heterocycles. The van der Waals surface area contributed by atoms with Gasteiger partial charge in [-0.25, -0.2) is 4.39 Å². The molecular weight excluding hydrogens is 444 g/mol. The van der Waals surface area contributed by atoms with Crippen LogP contribution in [0.2, 0.25) is 0 Å². The number of hydrogen-bond acceptors (Lipinski definition) is 3. The molecule has 0 unspecified atom stereocenters. The van der Waals surface area contributed by atoms with Crippen LogP contribution >= 0.6 is 11.8 Å². The summed E-state index contributed by atoms with van der Waals surface area (Å²) in [5.41, 5.74) is 3.55. The number of hydrogen-bond donors (Lipinski definition) is 2. The van der Waals surface area contributed by atoms with Crippen LogP contribution in [0, 0.1) is 12.7 Å². The molecule has 0 aliphatic carbocycles. The molecule has 2 amide bonds. The highest BCUT2D eigenvalue weighted by molar-refractivity contribution is 7.98. The molecule has 0 atom stereocenters. The normalized spacial score (nSPS) is 11.3. The summed E-state index contributed by atoms with van der Waals surface area (Å²) < 4.78 is 56.0. The highest BCUT2D eigenvalue weighted by atomic mass is 32.2. The molecule has 0 aliphatic heterocycles. The monoisotopic (exact) mass is 462 g/mol. The average molecular weight is 462 g/mol. The van der Waals surface area contributed by atoms with Crippen LogP contribution in [-0.2, 0) is 6.18 Å². The number of anilines is 1. The summed E-state index contributed by atoms with van der Waals surface area (Å²) in [5, 5.41) is 2.44. The van der Waals surface area contributed by atoms with Gasteiger partial charge in [-0.1, -0.05) is 24.3 Å². The van der Waals surface area contributed by atoms with Crippen molar-refractivity contribution in [2.24, 2.45) is 5.73 Å². The molecule has 9 heteroatoms. The number of alkyl halides is 3. The van der Waals surface area contributed by atoms with Gasteiger partial charge in [-0.3, -0.25) is 9.59 Å². The van der Waals surface area contributed by atoms with E-state index >= 15 is 0 Å². The van der Waals surface area contributed by atoms with Crippen molar-refractivity contribution in [2.45, 2.75) is 18.0 Å². The quantitative estimate of drug-likeness (QED) is 0.367. The number of benzene rings is 3. The standard InChI is InChI=1S/C23H18F4N2O2S/c1-12-5-3-7-16(20(12)24)22(31)29-18-8-4-6-15(21(28)30)19(18)14-10-9-13(32-2)11-17(14)23(25,26)27/h3-11H,1-2H3,(H2,28,30)(H,29,31). The number of nitrogens with one attached hydrogen (secondary N) is 1. The fourth-order valence-electron chi connectivity index (χ4n) is 3.27. The van der Waals surface area contributed by atoms with Gasteiger partial charge >= 0.3 is 6.18 Å². The van der Waals surface area contributed by atoms with Gasteiger partial charge in [-0.05, 0) is 54.6 Å². The number of amides is 2. The molecule has 0 radical (unpaired) electrons. The van der Waals surface area contributed by atoms with Gasteiger partial charge in [0.2, 0.25) is 5.91 Å². The summed E-state index contributed by atoms with van der Waals surface area (Å²) in [5.74, 6) is -2.60. The number of carbonyl (C=O) groups excluding carboxylic acids is 2. The Hall–Kier alpha value is -3.33. The molecule has 32 heavy (non-hydrogen) atoms. The molecular formula is C23H18F4N2O2S. The number of carbonyl (C=O) groups is 2. The van der Waals surface area contributed by atoms with Crippen molar-refractivity contribution in [3.05, 3.63) is 82.7 Å². The summed E-state index contributed by atoms with van der Waals surface area (Å²) in [6, 6.07) is 11.8. The van der Waals surface area contributed by atoms with E-state index in [0.717, 1.165) is 17.8 Å². The minimum Gasteiger partial charge on any atom is -0.366 e. The summed E-state index contributed by atoms with van der Waals surface area (Å²) in [6.07, 6.45) is -3.11. The third-order valence-electron chi connectivity index (χ3n) is 4.82. The smallest absolute Gasteiger partial charge is 0.366 e. The predicted octanol–water partition coefficient (Wildman–Crippen LogP) is 5.89. The van der Waals surface area contributed by atoms with E-state index in [-0.39, 0.29) is 33.5 Å². The van der Waals surface area contributed by atoms with E-state index in [2.05, 4.69) is 5.32 Å². The van der Waals surface area contributed by atoms with Gasteiger partial charge in [0, 0.05) is 21.7 Å². The van der Waals surface area contributed by atoms with E-state index < -0.39 is 29.4 Å². The molecule has 3 N–H and O–H groups in total. The molecule has 0 aromatic heterocycles. The Bertz CT molecular complexity index is 1210. The van der Waals surface area contributed by atoms with Gasteiger partial charge < -0.3 is 11.1 Å². The molecule has 0 bridgehead atoms. The van der Waals surface area contributed by atoms with Crippen molar-refractivity contribution >= 4 is 29.3 Å². The molecule has 3 rings (SSSR count). The zero-order valence-electron chi connectivity index (χ0n) is 17.0. The van der Waals surface area contributed by atoms with Crippen molar-refractivity contribution in [1.82, 2.24) is 0 Å². The number of halogens is 4. The van der Waals surface area contributed by atoms with Gasteiger partial charge in [0.25, 0.3) is 5.91 Å². The topological polar surface area (TPSA) is 72.2 Å². The second-order valence-electron chi connectivity index (χ2n) is 6.89. The highest BCUT2D eigenvalue weighted by Crippen LogP contribution is 2.42. The zero-order chi connectivity index (χ0) is 23.6. The highest BCUT2D eigenvalue weighted by Gasteiger charge is 2.35. The van der Waals surface area contributed by atoms with E-state index in [9.17, 15) is 27.2 Å². The molecule has 4 nitrogen and oxygen atoms in total. The SMILES string of the molecule is CSc1ccc(-c2c(NC(=O)c3cccc(C)c3F)cccc2C(N)=O)c(C(F)(F)F)c1. The van der Waals surface area contributed by atoms with Crippen molar-refractivity contribution in [1.29, 1.82) is 0 Å². The maximum absolute atomic E-state index is 14.4. The number of thioether (sulfide) groups is 1. The first kappa shape index (κ1) is 23.3. The van der Waals surface area contributed by atoms with Gasteiger partial charge in [0.1, 0.15) is 5.82 Å². The summed E-state index contributed by atoms with van der Waals surface area (Å²) in [4.78, 5) is 25.2. The predicted molar refractivity (Wildman–Crippen MR) is 116 cm³/mol. The molecule has 0 saturated carbocycles. The largest absolute Gasteiger partial charge is 0.417 e. The van der Waals surface area contributed by atoms with Crippen LogP contribution in [0.25, 0.3) is 11.1 Å². The Kier molecular flexibility index (Phi) is 6.59. The number of rotatable bonds is 5. The lowest BCUT2D eigenvalue weighted by Crippen LogP contribution is -2.19. The van der Waals surface area contributed by atoms with Gasteiger partial charge in [-0.2, -0.15) is 13.2 Å². The van der Waals surface area contributed by atoms with Crippen LogP contribution in [0.15, 0.2) is 59.5 Å². The van der Waals surface area contributed by atoms with Crippen LogP contribution in [0.5, 0.6) is 0 Å². The molecule has 0 saturated heterocycles. The fourth-order valence-corrected chi connectivity index (χ4v) is 3.71. The molecule has 0 spiro atoms. The molecule has 0 fully saturated rings. The van der Waals surface area contributed by atoms with Crippen LogP contribution in [-0.4, -0.2) is 18.1 Å². The number of nitrogens with two attached hydrogens (primary N) is 1. The minimum atomic E-state index is -4.74. The van der Waals surface area contributed by atoms with Crippen molar-refractivity contribution in [3.8, 4) is 11.1 Å². The molecule has 0 aliphatic rings. The summed E-state index contributed by atoms with van der Waals surface area (Å²) >= 11 is 1.13. The van der Waals surface area contributed by atoms with E-state index in [4.69, 9.17) is 5.73 Å². The van der Waals surface area contributed by atoms with Crippen molar-refractivity contribution in [2.75, 3.05) is 11.6 Å². The van der Waals surface area contributed by atoms with Crippen LogP contribution in [0.4, 0.5) is 23.2 Å². The Balaban J connectivity index is 2.23. The Morgan fingerprint density at radius 2 is 1.66 bits per heavy atom. The van der Waals surface area contributed by atoms with Crippen LogP contribution in [0.1, 0.15) is 31.8 Å². The molecule has 3 aromatic carbocycles. The van der Waals surface area contributed by atoms with Crippen molar-refractivity contribution < 1.29 is 27.2 Å². The van der Waals surface area contributed by atoms with E-state index in [1.807, 2.05) is 0 Å². The Labute approximate surface area is 185 Å². The first-order valence-electron chi connectivity index (χ1n) is 9.29. The second-order valence-corrected chi connectivity index (χ2v) is 7.77. The van der Waals surface area contributed by atoms with E-state index in [1.165, 1.54) is 55.5 Å². The lowest BCUT2D eigenvalue weighted by atomic mass is 9.92. The maximum atomic E-state index is 14.4. The molecule has 166 valence electrons. The lowest BCUT2D eigenvalue weighted by molar-refractivity contribution is -0.137. The number of primary amides is 1. The van der Waals surface area contributed by atoms with Gasteiger partial charge in [0.05, 0.1) is 11.1 Å². The summed E-state index contributed by atoms with van der Waals surface area (Å²) in [6.45, 7) is 1.48. The minimum absolute atomic E-state index is 0.102. The lowest BCUT2D eigenvalue weighted by Gasteiger charge is -2.19. The Morgan fingerprint density at radius 3 is 2.28 bits per heavy atom. The average Bonchev–Trinajstić information content (AvgIpc) is 2.74. The first-order valence-corrected chi connectivity index (χ1v) is 10.5. The first-order chi connectivity index (χ1) is 15.0. The van der Waals surface area contributed by atoms with Gasteiger partial charge in [0.15, 0.2) is 0 Å². The van der Waals surface area contributed by atoms with Crippen LogP contribution < -0.4 is 11.1 Å².